The van der Waals surface area contributed by atoms with Crippen molar-refractivity contribution in [2.45, 2.75) is 25.3 Å². The first kappa shape index (κ1) is 9.87. The molecule has 1 heterocycles. The van der Waals surface area contributed by atoms with E-state index in [9.17, 15) is 4.79 Å². The zero-order valence-corrected chi connectivity index (χ0v) is 8.32. The zero-order chi connectivity index (χ0) is 9.97. The topological polar surface area (TPSA) is 52.3 Å². The first-order valence-corrected chi connectivity index (χ1v) is 5.33. The van der Waals surface area contributed by atoms with E-state index in [1.54, 1.807) is 0 Å². The maximum atomic E-state index is 12.0. The number of hydrogen-bond acceptors (Lipinski definition) is 3. The van der Waals surface area contributed by atoms with Crippen LogP contribution in [-0.2, 0) is 9.53 Å². The van der Waals surface area contributed by atoms with E-state index < -0.39 is 0 Å². The molecule has 0 aromatic rings. The molecule has 0 radical (unpaired) electrons. The van der Waals surface area contributed by atoms with Gasteiger partial charge in [-0.1, -0.05) is 12.2 Å². The Bertz CT molecular complexity index is 244. The number of nitrogens with two attached hydrogens (primary N) is 1. The minimum absolute atomic E-state index is 0.0769. The Morgan fingerprint density at radius 2 is 2.00 bits per heavy atom. The number of allylic oxidation sites excluding steroid dienone is 1. The highest BCUT2D eigenvalue weighted by Crippen LogP contribution is 2.25. The van der Waals surface area contributed by atoms with Crippen molar-refractivity contribution in [3.63, 3.8) is 0 Å². The largest absolute Gasteiger partial charge is 0.381 e. The van der Waals surface area contributed by atoms with Gasteiger partial charge < -0.3 is 10.5 Å². The van der Waals surface area contributed by atoms with Crippen LogP contribution in [0.1, 0.15) is 19.3 Å². The average Bonchev–Trinajstić information content (AvgIpc) is 2.65. The van der Waals surface area contributed by atoms with Crippen molar-refractivity contribution < 1.29 is 9.53 Å². The van der Waals surface area contributed by atoms with Gasteiger partial charge in [0, 0.05) is 31.1 Å². The molecule has 78 valence electrons. The summed E-state index contributed by atoms with van der Waals surface area (Å²) < 4.78 is 5.24. The standard InChI is InChI=1S/C11H17NO2/c12-10-2-1-9(7-10)11(13)8-3-5-14-6-4-8/h1-2,8-10H,3-7,12H2. The molecule has 2 N–H and O–H groups in total. The molecule has 2 aliphatic rings. The normalized spacial score (nSPS) is 33.5. The molecule has 3 heteroatoms. The molecule has 0 amide bonds. The molecule has 1 aliphatic heterocycles. The fraction of sp³-hybridized carbons (Fsp3) is 0.727. The van der Waals surface area contributed by atoms with Crippen molar-refractivity contribution in [3.8, 4) is 0 Å². The molecule has 2 unspecified atom stereocenters. The summed E-state index contributed by atoms with van der Waals surface area (Å²) in [5, 5.41) is 0. The molecule has 2 rings (SSSR count). The first-order valence-electron chi connectivity index (χ1n) is 5.33. The minimum Gasteiger partial charge on any atom is -0.381 e. The molecule has 0 aromatic heterocycles. The van der Waals surface area contributed by atoms with Gasteiger partial charge >= 0.3 is 0 Å². The van der Waals surface area contributed by atoms with E-state index in [1.165, 1.54) is 0 Å². The third-order valence-corrected chi connectivity index (χ3v) is 3.11. The lowest BCUT2D eigenvalue weighted by Crippen LogP contribution is -2.29. The molecular formula is C11H17NO2. The Morgan fingerprint density at radius 3 is 2.57 bits per heavy atom. The predicted molar refractivity (Wildman–Crippen MR) is 53.8 cm³/mol. The van der Waals surface area contributed by atoms with Gasteiger partial charge in [-0.15, -0.1) is 0 Å². The van der Waals surface area contributed by atoms with Crippen LogP contribution in [0.4, 0.5) is 0 Å². The van der Waals surface area contributed by atoms with E-state index in [4.69, 9.17) is 10.5 Å². The highest BCUT2D eigenvalue weighted by Gasteiger charge is 2.29. The second-order valence-corrected chi connectivity index (χ2v) is 4.18. The Morgan fingerprint density at radius 1 is 1.29 bits per heavy atom. The van der Waals surface area contributed by atoms with Crippen LogP contribution >= 0.6 is 0 Å². The van der Waals surface area contributed by atoms with Crippen molar-refractivity contribution >= 4 is 5.78 Å². The van der Waals surface area contributed by atoms with Gasteiger partial charge in [-0.2, -0.15) is 0 Å². The van der Waals surface area contributed by atoms with Gasteiger partial charge in [0.2, 0.25) is 0 Å². The SMILES string of the molecule is NC1C=CC(C(=O)C2CCOCC2)C1. The van der Waals surface area contributed by atoms with Crippen molar-refractivity contribution in [1.29, 1.82) is 0 Å². The molecule has 0 aromatic carbocycles. The highest BCUT2D eigenvalue weighted by atomic mass is 16.5. The third-order valence-electron chi connectivity index (χ3n) is 3.11. The van der Waals surface area contributed by atoms with Gasteiger partial charge in [0.05, 0.1) is 0 Å². The van der Waals surface area contributed by atoms with Crippen molar-refractivity contribution in [1.82, 2.24) is 0 Å². The van der Waals surface area contributed by atoms with E-state index in [2.05, 4.69) is 0 Å². The monoisotopic (exact) mass is 195 g/mol. The summed E-state index contributed by atoms with van der Waals surface area (Å²) in [5.74, 6) is 0.661. The Kier molecular flexibility index (Phi) is 2.99. The summed E-state index contributed by atoms with van der Waals surface area (Å²) in [6.07, 6.45) is 6.50. The van der Waals surface area contributed by atoms with E-state index in [0.717, 1.165) is 32.5 Å². The molecule has 3 nitrogen and oxygen atoms in total. The number of carbonyl (C=O) groups excluding carboxylic acids is 1. The summed E-state index contributed by atoms with van der Waals surface area (Å²) in [5.41, 5.74) is 5.73. The zero-order valence-electron chi connectivity index (χ0n) is 8.32. The van der Waals surface area contributed by atoms with Crippen LogP contribution in [0, 0.1) is 11.8 Å². The Balaban J connectivity index is 1.91. The predicted octanol–water partition coefficient (Wildman–Crippen LogP) is 0.885. The molecule has 0 spiro atoms. The van der Waals surface area contributed by atoms with Gasteiger partial charge in [-0.05, 0) is 19.3 Å². The van der Waals surface area contributed by atoms with Crippen LogP contribution in [0.5, 0.6) is 0 Å². The molecule has 2 atom stereocenters. The van der Waals surface area contributed by atoms with Gasteiger partial charge in [0.1, 0.15) is 5.78 Å². The second kappa shape index (κ2) is 4.24. The number of ketones is 1. The molecule has 1 saturated heterocycles. The van der Waals surface area contributed by atoms with Crippen molar-refractivity contribution in [2.24, 2.45) is 17.6 Å². The van der Waals surface area contributed by atoms with E-state index in [-0.39, 0.29) is 17.9 Å². The summed E-state index contributed by atoms with van der Waals surface area (Å²) in [6, 6.07) is 0.0868. The lowest BCUT2D eigenvalue weighted by atomic mass is 9.87. The van der Waals surface area contributed by atoms with Gasteiger partial charge in [-0.3, -0.25) is 4.79 Å². The summed E-state index contributed by atoms with van der Waals surface area (Å²) in [7, 11) is 0. The molecule has 14 heavy (non-hydrogen) atoms. The number of carbonyl (C=O) groups is 1. The van der Waals surface area contributed by atoms with E-state index in [0.29, 0.717) is 5.78 Å². The summed E-state index contributed by atoms with van der Waals surface area (Å²) in [6.45, 7) is 1.47. The molecular weight excluding hydrogens is 178 g/mol. The number of ether oxygens (including phenoxy) is 1. The van der Waals surface area contributed by atoms with Gasteiger partial charge in [0.25, 0.3) is 0 Å². The smallest absolute Gasteiger partial charge is 0.143 e. The maximum Gasteiger partial charge on any atom is 0.143 e. The fourth-order valence-electron chi connectivity index (χ4n) is 2.22. The molecule has 0 saturated carbocycles. The Hall–Kier alpha value is -0.670. The van der Waals surface area contributed by atoms with Crippen LogP contribution < -0.4 is 5.73 Å². The van der Waals surface area contributed by atoms with Crippen LogP contribution in [-0.4, -0.2) is 25.0 Å². The number of hydrogen-bond donors (Lipinski definition) is 1. The van der Waals surface area contributed by atoms with Gasteiger partial charge in [-0.25, -0.2) is 0 Å². The highest BCUT2D eigenvalue weighted by molar-refractivity contribution is 5.85. The van der Waals surface area contributed by atoms with E-state index in [1.807, 2.05) is 12.2 Å². The van der Waals surface area contributed by atoms with Gasteiger partial charge in [0.15, 0.2) is 0 Å². The minimum atomic E-state index is 0.0769. The second-order valence-electron chi connectivity index (χ2n) is 4.18. The van der Waals surface area contributed by atoms with Crippen molar-refractivity contribution in [3.05, 3.63) is 12.2 Å². The van der Waals surface area contributed by atoms with Crippen LogP contribution in [0.25, 0.3) is 0 Å². The van der Waals surface area contributed by atoms with Crippen LogP contribution in [0.15, 0.2) is 12.2 Å². The lowest BCUT2D eigenvalue weighted by molar-refractivity contribution is -0.128. The maximum absolute atomic E-state index is 12.0. The lowest BCUT2D eigenvalue weighted by Gasteiger charge is -2.23. The number of rotatable bonds is 2. The summed E-state index contributed by atoms with van der Waals surface area (Å²) in [4.78, 5) is 12.0. The molecule has 0 bridgehead atoms. The van der Waals surface area contributed by atoms with Crippen LogP contribution in [0.2, 0.25) is 0 Å². The Labute approximate surface area is 84.3 Å². The number of Topliss-reactive ketones (excluding diaryl/α,β-unsaturated/α-hetero) is 1. The molecule has 1 fully saturated rings. The molecule has 1 aliphatic carbocycles. The average molecular weight is 195 g/mol. The quantitative estimate of drug-likeness (QED) is 0.666. The summed E-state index contributed by atoms with van der Waals surface area (Å²) >= 11 is 0. The van der Waals surface area contributed by atoms with Crippen molar-refractivity contribution in [2.75, 3.05) is 13.2 Å². The first-order chi connectivity index (χ1) is 6.77. The third kappa shape index (κ3) is 2.04. The van der Waals surface area contributed by atoms with Crippen LogP contribution in [0.3, 0.4) is 0 Å². The van der Waals surface area contributed by atoms with E-state index >= 15 is 0 Å². The fourth-order valence-corrected chi connectivity index (χ4v) is 2.22.